The van der Waals surface area contributed by atoms with Crippen LogP contribution in [-0.2, 0) is 27.5 Å². The van der Waals surface area contributed by atoms with E-state index >= 15 is 0 Å². The van der Waals surface area contributed by atoms with Crippen LogP contribution in [0.3, 0.4) is 0 Å². The molecular weight excluding hydrogens is 616 g/mol. The molecule has 1 saturated heterocycles. The van der Waals surface area contributed by atoms with Gasteiger partial charge in [-0.15, -0.1) is 5.10 Å². The number of hydrogen-bond acceptors (Lipinski definition) is 7. The van der Waals surface area contributed by atoms with Gasteiger partial charge in [-0.05, 0) is 80.2 Å². The van der Waals surface area contributed by atoms with Gasteiger partial charge in [-0.3, -0.25) is 4.68 Å². The maximum absolute atomic E-state index is 14.2. The zero-order valence-corrected chi connectivity index (χ0v) is 25.6. The second-order valence-corrected chi connectivity index (χ2v) is 13.4. The lowest BCUT2D eigenvalue weighted by atomic mass is 9.97. The lowest BCUT2D eigenvalue weighted by Crippen LogP contribution is -2.40. The van der Waals surface area contributed by atoms with Crippen LogP contribution in [-0.4, -0.2) is 72.1 Å². The number of halogens is 4. The van der Waals surface area contributed by atoms with E-state index in [0.717, 1.165) is 50.2 Å². The highest BCUT2D eigenvalue weighted by molar-refractivity contribution is 7.89. The van der Waals surface area contributed by atoms with Crippen LogP contribution < -0.4 is 4.72 Å². The van der Waals surface area contributed by atoms with Crippen molar-refractivity contribution in [2.45, 2.75) is 44.3 Å². The average Bonchev–Trinajstić information content (AvgIpc) is 3.60. The van der Waals surface area contributed by atoms with E-state index in [1.165, 1.54) is 12.1 Å². The Morgan fingerprint density at radius 1 is 1.13 bits per heavy atom. The molecule has 242 valence electrons. The maximum atomic E-state index is 14.2. The highest BCUT2D eigenvalue weighted by atomic mass is 32.2. The fraction of sp³-hybridized carbons (Fsp3) is 0.433. The Kier molecular flexibility index (Phi) is 9.60. The van der Waals surface area contributed by atoms with E-state index in [0.29, 0.717) is 35.2 Å². The fourth-order valence-electron chi connectivity index (χ4n) is 5.30. The van der Waals surface area contributed by atoms with Gasteiger partial charge >= 0.3 is 12.1 Å². The quantitative estimate of drug-likeness (QED) is 0.171. The third kappa shape index (κ3) is 7.89. The molecule has 10 nitrogen and oxygen atoms in total. The van der Waals surface area contributed by atoms with Crippen LogP contribution >= 0.6 is 0 Å². The molecule has 1 aliphatic heterocycles. The highest BCUT2D eigenvalue weighted by Crippen LogP contribution is 2.33. The lowest BCUT2D eigenvalue weighted by Gasteiger charge is -2.31. The van der Waals surface area contributed by atoms with E-state index in [-0.39, 0.29) is 35.6 Å². The van der Waals surface area contributed by atoms with Crippen LogP contribution in [0.2, 0.25) is 0 Å². The van der Waals surface area contributed by atoms with E-state index in [4.69, 9.17) is 4.74 Å². The lowest BCUT2D eigenvalue weighted by molar-refractivity contribution is -0.137. The summed E-state index contributed by atoms with van der Waals surface area (Å²) < 4.78 is 87.1. The first kappa shape index (κ1) is 32.6. The first-order valence-corrected chi connectivity index (χ1v) is 16.1. The first-order chi connectivity index (χ1) is 21.3. The van der Waals surface area contributed by atoms with Crippen molar-refractivity contribution in [3.05, 3.63) is 65.7 Å². The molecule has 0 saturated carbocycles. The van der Waals surface area contributed by atoms with Gasteiger partial charge in [0.05, 0.1) is 23.3 Å². The number of rotatable bonds is 11. The first-order valence-electron chi connectivity index (χ1n) is 14.6. The van der Waals surface area contributed by atoms with Gasteiger partial charge in [0.1, 0.15) is 17.2 Å². The zero-order valence-electron chi connectivity index (χ0n) is 24.8. The summed E-state index contributed by atoms with van der Waals surface area (Å²) in [6.07, 6.45) is -1.16. The minimum atomic E-state index is -4.54. The molecule has 5 rings (SSSR count). The Bertz CT molecular complexity index is 1740. The van der Waals surface area contributed by atoms with E-state index in [2.05, 4.69) is 24.9 Å². The van der Waals surface area contributed by atoms with Gasteiger partial charge < -0.3 is 14.6 Å². The van der Waals surface area contributed by atoms with Gasteiger partial charge in [-0.25, -0.2) is 22.3 Å². The number of piperidine rings is 1. The average molecular weight is 651 g/mol. The second-order valence-electron chi connectivity index (χ2n) is 11.6. The molecule has 2 aromatic carbocycles. The Morgan fingerprint density at radius 2 is 1.84 bits per heavy atom. The number of H-pyrrole nitrogens is 1. The largest absolute Gasteiger partial charge is 0.461 e. The number of ether oxygens (including phenoxy) is 1. The van der Waals surface area contributed by atoms with Gasteiger partial charge in [-0.1, -0.05) is 19.1 Å². The standard InChI is InChI=1S/C30H34F4N6O4S/c1-19(2)18-44-29(41)28-27(24-15-22(31)5-8-25(24)36-28)26-17-40(38-37-26)16-20-9-12-39(13-10-20)14-11-35-45(42,43)23-6-3-21(4-7-23)30(32,33)34/h3-8,15,17,19-20,35-36H,9-14,16,18H2,1-2H3. The molecule has 1 fully saturated rings. The molecule has 0 radical (unpaired) electrons. The van der Waals surface area contributed by atoms with Crippen LogP contribution in [0, 0.1) is 17.7 Å². The van der Waals surface area contributed by atoms with Crippen molar-refractivity contribution in [2.75, 3.05) is 32.8 Å². The van der Waals surface area contributed by atoms with Gasteiger partial charge in [0.15, 0.2) is 0 Å². The summed E-state index contributed by atoms with van der Waals surface area (Å²) in [5, 5.41) is 9.06. The SMILES string of the molecule is CC(C)COC(=O)c1[nH]c2ccc(F)cc2c1-c1cn(CC2CCN(CCNS(=O)(=O)c3ccc(C(F)(F)F)cc3)CC2)nn1. The van der Waals surface area contributed by atoms with Crippen LogP contribution in [0.15, 0.2) is 53.6 Å². The Morgan fingerprint density at radius 3 is 2.51 bits per heavy atom. The summed E-state index contributed by atoms with van der Waals surface area (Å²) >= 11 is 0. The molecule has 0 atom stereocenters. The third-order valence-electron chi connectivity index (χ3n) is 7.67. The number of sulfonamides is 1. The third-order valence-corrected chi connectivity index (χ3v) is 9.15. The summed E-state index contributed by atoms with van der Waals surface area (Å²) in [5.74, 6) is -0.589. The molecule has 4 aromatic rings. The fourth-order valence-corrected chi connectivity index (χ4v) is 6.32. The Hall–Kier alpha value is -3.82. The number of nitrogens with one attached hydrogen (secondary N) is 2. The van der Waals surface area contributed by atoms with Crippen LogP contribution in [0.5, 0.6) is 0 Å². The van der Waals surface area contributed by atoms with Crippen molar-refractivity contribution in [3.8, 4) is 11.3 Å². The van der Waals surface area contributed by atoms with Crippen LogP contribution in [0.4, 0.5) is 17.6 Å². The number of esters is 1. The smallest absolute Gasteiger partial charge is 0.416 e. The Labute approximate surface area is 257 Å². The van der Waals surface area contributed by atoms with Gasteiger partial charge in [0.2, 0.25) is 10.0 Å². The molecule has 0 unspecified atom stereocenters. The van der Waals surface area contributed by atoms with Crippen LogP contribution in [0.25, 0.3) is 22.2 Å². The molecule has 2 N–H and O–H groups in total. The minimum absolute atomic E-state index is 0.119. The van der Waals surface area contributed by atoms with Crippen molar-refractivity contribution < 1.29 is 35.5 Å². The van der Waals surface area contributed by atoms with E-state index in [1.807, 2.05) is 13.8 Å². The summed E-state index contributed by atoms with van der Waals surface area (Å²) in [6.45, 7) is 6.69. The number of fused-ring (bicyclic) bond motifs is 1. The molecule has 0 spiro atoms. The van der Waals surface area contributed by atoms with Crippen molar-refractivity contribution >= 4 is 26.9 Å². The molecule has 3 heterocycles. The molecule has 0 aliphatic carbocycles. The van der Waals surface area contributed by atoms with Crippen molar-refractivity contribution in [2.24, 2.45) is 11.8 Å². The summed E-state index contributed by atoms with van der Waals surface area (Å²) in [6, 6.07) is 7.61. The number of likely N-dealkylation sites (tertiary alicyclic amines) is 1. The van der Waals surface area contributed by atoms with Crippen molar-refractivity contribution in [1.29, 1.82) is 0 Å². The minimum Gasteiger partial charge on any atom is -0.461 e. The second kappa shape index (κ2) is 13.3. The summed E-state index contributed by atoms with van der Waals surface area (Å²) in [7, 11) is -3.94. The number of benzene rings is 2. The molecule has 1 aliphatic rings. The monoisotopic (exact) mass is 650 g/mol. The topological polar surface area (TPSA) is 122 Å². The van der Waals surface area contributed by atoms with E-state index < -0.39 is 33.5 Å². The van der Waals surface area contributed by atoms with Crippen LogP contribution in [0.1, 0.15) is 42.7 Å². The number of aromatic amines is 1. The van der Waals surface area contributed by atoms with Gasteiger partial charge in [0, 0.05) is 36.1 Å². The number of alkyl halides is 3. The molecule has 0 amide bonds. The van der Waals surface area contributed by atoms with Gasteiger partial charge in [0.25, 0.3) is 0 Å². The Balaban J connectivity index is 1.16. The number of aromatic nitrogens is 4. The predicted molar refractivity (Wildman–Crippen MR) is 158 cm³/mol. The normalized spacial score (nSPS) is 15.3. The number of carbonyl (C=O) groups is 1. The maximum Gasteiger partial charge on any atom is 0.416 e. The number of carbonyl (C=O) groups excluding carboxylic acids is 1. The summed E-state index contributed by atoms with van der Waals surface area (Å²) in [4.78, 5) is 17.9. The molecule has 15 heteroatoms. The molecule has 0 bridgehead atoms. The molecule has 2 aromatic heterocycles. The van der Waals surface area contributed by atoms with E-state index in [9.17, 15) is 30.8 Å². The highest BCUT2D eigenvalue weighted by Gasteiger charge is 2.31. The molecule has 45 heavy (non-hydrogen) atoms. The number of hydrogen-bond donors (Lipinski definition) is 2. The molecular formula is C30H34F4N6O4S. The van der Waals surface area contributed by atoms with E-state index in [1.54, 1.807) is 16.9 Å². The number of nitrogens with zero attached hydrogens (tertiary/aromatic N) is 4. The predicted octanol–water partition coefficient (Wildman–Crippen LogP) is 5.09. The van der Waals surface area contributed by atoms with Crippen molar-refractivity contribution in [1.82, 2.24) is 29.6 Å². The summed E-state index contributed by atoms with van der Waals surface area (Å²) in [5.41, 5.74) is 0.697. The van der Waals surface area contributed by atoms with Gasteiger partial charge in [-0.2, -0.15) is 13.2 Å². The zero-order chi connectivity index (χ0) is 32.4. The van der Waals surface area contributed by atoms with Crippen molar-refractivity contribution in [3.63, 3.8) is 0 Å².